The Bertz CT molecular complexity index is 122. The Morgan fingerprint density at radius 2 is 1.43 bits per heavy atom. The van der Waals surface area contributed by atoms with Crippen molar-refractivity contribution in [2.24, 2.45) is 0 Å². The highest BCUT2D eigenvalue weighted by Gasteiger charge is 2.08. The molecule has 1 rings (SSSR count). The van der Waals surface area contributed by atoms with Gasteiger partial charge in [-0.15, -0.1) is 0 Å². The normalized spacial score (nSPS) is 23.4. The van der Waals surface area contributed by atoms with Crippen molar-refractivity contribution >= 4 is 0 Å². The summed E-state index contributed by atoms with van der Waals surface area (Å²) in [6.07, 6.45) is 6.80. The zero-order valence-electron chi connectivity index (χ0n) is 9.89. The topological polar surface area (TPSA) is 15.3 Å². The van der Waals surface area contributed by atoms with Crippen molar-refractivity contribution in [3.05, 3.63) is 0 Å². The number of rotatable bonds is 1. The first-order valence-corrected chi connectivity index (χ1v) is 6.25. The summed E-state index contributed by atoms with van der Waals surface area (Å²) in [5.74, 6) is 0. The van der Waals surface area contributed by atoms with Gasteiger partial charge in [-0.25, -0.2) is 0 Å². The summed E-state index contributed by atoms with van der Waals surface area (Å²) < 4.78 is 0. The van der Waals surface area contributed by atoms with Gasteiger partial charge in [-0.3, -0.25) is 0 Å². The van der Waals surface area contributed by atoms with Crippen molar-refractivity contribution in [2.45, 2.75) is 52.0 Å². The quantitative estimate of drug-likeness (QED) is 0.695. The van der Waals surface area contributed by atoms with Crippen molar-refractivity contribution in [2.75, 3.05) is 26.2 Å². The molecule has 0 aromatic carbocycles. The number of nitrogens with one attached hydrogen (secondary N) is 1. The third kappa shape index (κ3) is 4.97. The first-order chi connectivity index (χ1) is 6.80. The molecule has 2 heteroatoms. The summed E-state index contributed by atoms with van der Waals surface area (Å²) in [5.41, 5.74) is 0. The van der Waals surface area contributed by atoms with Gasteiger partial charge in [0.05, 0.1) is 0 Å². The van der Waals surface area contributed by atoms with Crippen LogP contribution in [0, 0.1) is 0 Å². The lowest BCUT2D eigenvalue weighted by Gasteiger charge is -2.26. The van der Waals surface area contributed by atoms with Crippen LogP contribution in [0.2, 0.25) is 0 Å². The van der Waals surface area contributed by atoms with Crippen molar-refractivity contribution in [3.63, 3.8) is 0 Å². The Balaban J connectivity index is 2.27. The largest absolute Gasteiger partial charge is 0.317 e. The van der Waals surface area contributed by atoms with E-state index in [2.05, 4.69) is 24.1 Å². The fourth-order valence-electron chi connectivity index (χ4n) is 2.06. The van der Waals surface area contributed by atoms with E-state index in [4.69, 9.17) is 0 Å². The van der Waals surface area contributed by atoms with Gasteiger partial charge in [0.1, 0.15) is 0 Å². The minimum atomic E-state index is 0.726. The predicted molar refractivity (Wildman–Crippen MR) is 62.7 cm³/mol. The van der Waals surface area contributed by atoms with E-state index in [-0.39, 0.29) is 0 Å². The molecule has 0 saturated carbocycles. The molecule has 0 aliphatic carbocycles. The van der Waals surface area contributed by atoms with Crippen molar-refractivity contribution in [3.8, 4) is 0 Å². The first kappa shape index (κ1) is 12.0. The van der Waals surface area contributed by atoms with Crippen LogP contribution in [0.15, 0.2) is 0 Å². The molecule has 0 unspecified atom stereocenters. The second-order valence-electron chi connectivity index (χ2n) is 4.65. The molecular weight excluding hydrogens is 172 g/mol. The van der Waals surface area contributed by atoms with E-state index in [1.165, 1.54) is 58.3 Å². The lowest BCUT2D eigenvalue weighted by atomic mass is 10.2. The summed E-state index contributed by atoms with van der Waals surface area (Å²) >= 11 is 0. The number of nitrogens with zero attached hydrogens (tertiary/aromatic N) is 1. The molecule has 0 aromatic rings. The number of hydrogen-bond acceptors (Lipinski definition) is 2. The van der Waals surface area contributed by atoms with Crippen molar-refractivity contribution < 1.29 is 0 Å². The number of hydrogen-bond donors (Lipinski definition) is 1. The average Bonchev–Trinajstić information content (AvgIpc) is 2.21. The highest BCUT2D eigenvalue weighted by molar-refractivity contribution is 4.65. The van der Waals surface area contributed by atoms with Gasteiger partial charge < -0.3 is 10.2 Å². The molecule has 0 atom stereocenters. The van der Waals surface area contributed by atoms with Gasteiger partial charge in [0.2, 0.25) is 0 Å². The molecule has 1 aliphatic rings. The van der Waals surface area contributed by atoms with Crippen LogP contribution in [0.25, 0.3) is 0 Å². The Labute approximate surface area is 89.1 Å². The molecule has 84 valence electrons. The minimum Gasteiger partial charge on any atom is -0.317 e. The van der Waals surface area contributed by atoms with Crippen LogP contribution in [-0.2, 0) is 0 Å². The molecule has 1 fully saturated rings. The first-order valence-electron chi connectivity index (χ1n) is 6.25. The highest BCUT2D eigenvalue weighted by Crippen LogP contribution is 2.06. The SMILES string of the molecule is CC(C)N1CCCCCNCCCC1. The molecule has 0 bridgehead atoms. The van der Waals surface area contributed by atoms with Crippen LogP contribution in [-0.4, -0.2) is 37.1 Å². The Morgan fingerprint density at radius 3 is 2.07 bits per heavy atom. The van der Waals surface area contributed by atoms with Crippen LogP contribution in [0.1, 0.15) is 46.0 Å². The van der Waals surface area contributed by atoms with Gasteiger partial charge >= 0.3 is 0 Å². The molecular formula is C12H26N2. The van der Waals surface area contributed by atoms with Crippen LogP contribution >= 0.6 is 0 Å². The lowest BCUT2D eigenvalue weighted by molar-refractivity contribution is 0.214. The summed E-state index contributed by atoms with van der Waals surface area (Å²) in [6, 6.07) is 0.726. The maximum atomic E-state index is 3.51. The summed E-state index contributed by atoms with van der Waals surface area (Å²) in [5, 5.41) is 3.51. The maximum Gasteiger partial charge on any atom is 0.00385 e. The molecule has 2 nitrogen and oxygen atoms in total. The Morgan fingerprint density at radius 1 is 0.857 bits per heavy atom. The second-order valence-corrected chi connectivity index (χ2v) is 4.65. The average molecular weight is 198 g/mol. The van der Waals surface area contributed by atoms with E-state index >= 15 is 0 Å². The molecule has 1 saturated heterocycles. The second kappa shape index (κ2) is 7.24. The van der Waals surface area contributed by atoms with Crippen LogP contribution in [0.5, 0.6) is 0 Å². The van der Waals surface area contributed by atoms with Gasteiger partial charge in [-0.05, 0) is 65.7 Å². The van der Waals surface area contributed by atoms with E-state index in [9.17, 15) is 0 Å². The molecule has 14 heavy (non-hydrogen) atoms. The van der Waals surface area contributed by atoms with Crippen molar-refractivity contribution in [1.29, 1.82) is 0 Å². The minimum absolute atomic E-state index is 0.726. The van der Waals surface area contributed by atoms with E-state index in [0.717, 1.165) is 6.04 Å². The monoisotopic (exact) mass is 198 g/mol. The molecule has 0 aromatic heterocycles. The third-order valence-corrected chi connectivity index (χ3v) is 3.08. The van der Waals surface area contributed by atoms with E-state index in [1.807, 2.05) is 0 Å². The van der Waals surface area contributed by atoms with Gasteiger partial charge in [0, 0.05) is 6.04 Å². The fourth-order valence-corrected chi connectivity index (χ4v) is 2.06. The standard InChI is InChI=1S/C12H26N2/c1-12(2)14-10-6-3-4-8-13-9-5-7-11-14/h12-13H,3-11H2,1-2H3. The third-order valence-electron chi connectivity index (χ3n) is 3.08. The highest BCUT2D eigenvalue weighted by atomic mass is 15.1. The van der Waals surface area contributed by atoms with Crippen LogP contribution in [0.4, 0.5) is 0 Å². The van der Waals surface area contributed by atoms with E-state index in [1.54, 1.807) is 0 Å². The summed E-state index contributed by atoms with van der Waals surface area (Å²) in [4.78, 5) is 2.63. The zero-order chi connectivity index (χ0) is 10.2. The molecule has 0 spiro atoms. The molecule has 1 heterocycles. The van der Waals surface area contributed by atoms with E-state index in [0.29, 0.717) is 0 Å². The smallest absolute Gasteiger partial charge is 0.00385 e. The van der Waals surface area contributed by atoms with Crippen LogP contribution < -0.4 is 5.32 Å². The predicted octanol–water partition coefficient (Wildman–Crippen LogP) is 2.25. The van der Waals surface area contributed by atoms with Gasteiger partial charge in [-0.1, -0.05) is 6.42 Å². The van der Waals surface area contributed by atoms with E-state index < -0.39 is 0 Å². The fraction of sp³-hybridized carbons (Fsp3) is 1.00. The Hall–Kier alpha value is -0.0800. The van der Waals surface area contributed by atoms with Crippen LogP contribution in [0.3, 0.4) is 0 Å². The zero-order valence-corrected chi connectivity index (χ0v) is 9.89. The molecule has 1 aliphatic heterocycles. The molecule has 1 N–H and O–H groups in total. The summed E-state index contributed by atoms with van der Waals surface area (Å²) in [7, 11) is 0. The van der Waals surface area contributed by atoms with Gasteiger partial charge in [-0.2, -0.15) is 0 Å². The maximum absolute atomic E-state index is 3.51. The Kier molecular flexibility index (Phi) is 6.20. The van der Waals surface area contributed by atoms with Gasteiger partial charge in [0.25, 0.3) is 0 Å². The van der Waals surface area contributed by atoms with Crippen molar-refractivity contribution in [1.82, 2.24) is 10.2 Å². The lowest BCUT2D eigenvalue weighted by Crippen LogP contribution is -2.32. The molecule has 0 amide bonds. The summed E-state index contributed by atoms with van der Waals surface area (Å²) in [6.45, 7) is 9.67. The molecule has 0 radical (unpaired) electrons. The van der Waals surface area contributed by atoms with Gasteiger partial charge in [0.15, 0.2) is 0 Å².